The van der Waals surface area contributed by atoms with Crippen LogP contribution in [0.5, 0.6) is 0 Å². The van der Waals surface area contributed by atoms with E-state index >= 15 is 0 Å². The highest BCUT2D eigenvalue weighted by Gasteiger charge is 2.46. The Balaban J connectivity index is 1.12. The first-order valence-corrected chi connectivity index (χ1v) is 8.37. The molecule has 6 atom stereocenters. The molecular formula is C16H22O6. The summed E-state index contributed by atoms with van der Waals surface area (Å²) in [6.45, 7) is 0. The van der Waals surface area contributed by atoms with Crippen LogP contribution in [0.15, 0.2) is 0 Å². The topological polar surface area (TPSA) is 77.7 Å². The number of carbonyl (C=O) groups excluding carboxylic acids is 2. The summed E-state index contributed by atoms with van der Waals surface area (Å²) in [4.78, 5) is 23.6. The van der Waals surface area contributed by atoms with Gasteiger partial charge in [0, 0.05) is 12.8 Å². The maximum atomic E-state index is 11.8. The van der Waals surface area contributed by atoms with Gasteiger partial charge < -0.3 is 18.9 Å². The van der Waals surface area contributed by atoms with Crippen LogP contribution in [-0.4, -0.2) is 48.6 Å². The van der Waals surface area contributed by atoms with Crippen LogP contribution < -0.4 is 0 Å². The van der Waals surface area contributed by atoms with E-state index in [1.165, 1.54) is 0 Å². The predicted molar refractivity (Wildman–Crippen MR) is 74.0 cm³/mol. The molecule has 2 aliphatic carbocycles. The van der Waals surface area contributed by atoms with Crippen molar-refractivity contribution in [1.29, 1.82) is 0 Å². The van der Waals surface area contributed by atoms with E-state index in [-0.39, 0.29) is 49.2 Å². The van der Waals surface area contributed by atoms with Gasteiger partial charge in [-0.3, -0.25) is 9.59 Å². The second-order valence-electron chi connectivity index (χ2n) is 6.78. The fraction of sp³-hybridized carbons (Fsp3) is 0.875. The summed E-state index contributed by atoms with van der Waals surface area (Å²) in [5.74, 6) is -0.620. The van der Waals surface area contributed by atoms with Crippen LogP contribution in [-0.2, 0) is 28.5 Å². The van der Waals surface area contributed by atoms with Gasteiger partial charge in [-0.05, 0) is 25.7 Å². The molecule has 2 aliphatic heterocycles. The van der Waals surface area contributed by atoms with E-state index in [9.17, 15) is 9.59 Å². The van der Waals surface area contributed by atoms with Crippen molar-refractivity contribution in [2.75, 3.05) is 0 Å². The van der Waals surface area contributed by atoms with Gasteiger partial charge in [0.05, 0.1) is 37.3 Å². The first-order valence-electron chi connectivity index (χ1n) is 8.37. The molecule has 6 heteroatoms. The highest BCUT2D eigenvalue weighted by atomic mass is 16.6. The number of carbonyl (C=O) groups is 2. The first kappa shape index (κ1) is 14.5. The summed E-state index contributed by atoms with van der Waals surface area (Å²) in [6.07, 6.45) is 6.73. The summed E-state index contributed by atoms with van der Waals surface area (Å²) < 4.78 is 21.6. The Morgan fingerprint density at radius 1 is 0.727 bits per heavy atom. The molecule has 0 bridgehead atoms. The predicted octanol–water partition coefficient (Wildman–Crippen LogP) is 1.49. The average Bonchev–Trinajstić information content (AvgIpc) is 3.38. The van der Waals surface area contributed by atoms with Gasteiger partial charge in [0.2, 0.25) is 0 Å². The number of esters is 2. The zero-order valence-corrected chi connectivity index (χ0v) is 12.6. The summed E-state index contributed by atoms with van der Waals surface area (Å²) >= 11 is 0. The van der Waals surface area contributed by atoms with Crippen molar-refractivity contribution in [3.05, 3.63) is 0 Å². The van der Waals surface area contributed by atoms with Gasteiger partial charge in [-0.2, -0.15) is 0 Å². The van der Waals surface area contributed by atoms with Crippen molar-refractivity contribution in [3.8, 4) is 0 Å². The van der Waals surface area contributed by atoms with Crippen molar-refractivity contribution in [3.63, 3.8) is 0 Å². The van der Waals surface area contributed by atoms with Crippen molar-refractivity contribution in [1.82, 2.24) is 0 Å². The largest absolute Gasteiger partial charge is 0.462 e. The molecule has 0 amide bonds. The number of fused-ring (bicyclic) bond motifs is 2. The van der Waals surface area contributed by atoms with Crippen molar-refractivity contribution in [2.45, 2.75) is 88.0 Å². The van der Waals surface area contributed by atoms with Crippen LogP contribution in [0.2, 0.25) is 0 Å². The van der Waals surface area contributed by atoms with E-state index in [0.717, 1.165) is 38.5 Å². The van der Waals surface area contributed by atoms with Gasteiger partial charge in [0.15, 0.2) is 0 Å². The monoisotopic (exact) mass is 310 g/mol. The Hall–Kier alpha value is -1.14. The lowest BCUT2D eigenvalue weighted by Crippen LogP contribution is -2.26. The van der Waals surface area contributed by atoms with Gasteiger partial charge in [-0.15, -0.1) is 0 Å². The smallest absolute Gasteiger partial charge is 0.306 e. The Bertz CT molecular complexity index is 422. The van der Waals surface area contributed by atoms with Crippen LogP contribution >= 0.6 is 0 Å². The van der Waals surface area contributed by atoms with E-state index in [1.54, 1.807) is 0 Å². The van der Waals surface area contributed by atoms with Gasteiger partial charge in [0.25, 0.3) is 0 Å². The highest BCUT2D eigenvalue weighted by molar-refractivity contribution is 5.77. The minimum atomic E-state index is -0.310. The number of hydrogen-bond acceptors (Lipinski definition) is 6. The van der Waals surface area contributed by atoms with Crippen LogP contribution in [0.1, 0.15) is 51.4 Å². The number of ether oxygens (including phenoxy) is 4. The van der Waals surface area contributed by atoms with E-state index in [2.05, 4.69) is 0 Å². The molecule has 22 heavy (non-hydrogen) atoms. The normalized spacial score (nSPS) is 41.8. The minimum Gasteiger partial charge on any atom is -0.462 e. The summed E-state index contributed by atoms with van der Waals surface area (Å²) in [6, 6.07) is 0. The molecule has 0 aromatic rings. The molecule has 4 rings (SSSR count). The van der Waals surface area contributed by atoms with Gasteiger partial charge in [-0.1, -0.05) is 0 Å². The van der Waals surface area contributed by atoms with Crippen molar-refractivity contribution >= 4 is 11.9 Å². The lowest BCUT2D eigenvalue weighted by molar-refractivity contribution is -0.157. The Morgan fingerprint density at radius 2 is 1.18 bits per heavy atom. The first-order chi connectivity index (χ1) is 10.7. The van der Waals surface area contributed by atoms with Crippen LogP contribution in [0, 0.1) is 0 Å². The lowest BCUT2D eigenvalue weighted by Gasteiger charge is -2.20. The zero-order chi connectivity index (χ0) is 15.1. The van der Waals surface area contributed by atoms with Crippen LogP contribution in [0.3, 0.4) is 0 Å². The molecule has 122 valence electrons. The zero-order valence-electron chi connectivity index (χ0n) is 12.6. The molecule has 0 N–H and O–H groups in total. The fourth-order valence-electron chi connectivity index (χ4n) is 3.64. The van der Waals surface area contributed by atoms with E-state index in [1.807, 2.05) is 0 Å². The Kier molecular flexibility index (Phi) is 3.82. The summed E-state index contributed by atoms with van der Waals surface area (Å²) in [5, 5.41) is 0. The lowest BCUT2D eigenvalue weighted by atomic mass is 9.98. The second kappa shape index (κ2) is 5.81. The third kappa shape index (κ3) is 3.43. The third-order valence-corrected chi connectivity index (χ3v) is 5.04. The Morgan fingerprint density at radius 3 is 1.59 bits per heavy atom. The molecule has 0 aromatic carbocycles. The van der Waals surface area contributed by atoms with Crippen LogP contribution in [0.25, 0.3) is 0 Å². The molecule has 2 heterocycles. The molecule has 6 nitrogen and oxygen atoms in total. The molecule has 0 radical (unpaired) electrons. The highest BCUT2D eigenvalue weighted by Crippen LogP contribution is 2.38. The quantitative estimate of drug-likeness (QED) is 0.565. The summed E-state index contributed by atoms with van der Waals surface area (Å²) in [5.41, 5.74) is 0. The average molecular weight is 310 g/mol. The third-order valence-electron chi connectivity index (χ3n) is 5.04. The standard InChI is InChI=1S/C16H22O6/c17-15(19-9-1-3-11-13(7-9)21-11)5-6-16(18)20-10-2-4-12-14(8-10)22-12/h9-14H,1-8H2. The second-order valence-corrected chi connectivity index (χ2v) is 6.78. The van der Waals surface area contributed by atoms with Gasteiger partial charge in [-0.25, -0.2) is 0 Å². The van der Waals surface area contributed by atoms with E-state index in [4.69, 9.17) is 18.9 Å². The molecule has 0 spiro atoms. The maximum Gasteiger partial charge on any atom is 0.306 e. The van der Waals surface area contributed by atoms with Crippen molar-refractivity contribution < 1.29 is 28.5 Å². The molecule has 2 saturated carbocycles. The minimum absolute atomic E-state index is 0.0467. The SMILES string of the molecule is O=C(CCC(=O)OC1CCC2OC2C1)OC1CCC2OC2C1. The molecule has 4 fully saturated rings. The van der Waals surface area contributed by atoms with Crippen molar-refractivity contribution in [2.24, 2.45) is 0 Å². The van der Waals surface area contributed by atoms with E-state index in [0.29, 0.717) is 12.2 Å². The molecule has 6 unspecified atom stereocenters. The van der Waals surface area contributed by atoms with Crippen LogP contribution in [0.4, 0.5) is 0 Å². The number of hydrogen-bond donors (Lipinski definition) is 0. The molecule has 4 aliphatic rings. The number of epoxide rings is 2. The maximum absolute atomic E-state index is 11.8. The molecule has 0 aromatic heterocycles. The van der Waals surface area contributed by atoms with E-state index < -0.39 is 0 Å². The fourth-order valence-corrected chi connectivity index (χ4v) is 3.64. The van der Waals surface area contributed by atoms with Gasteiger partial charge >= 0.3 is 11.9 Å². The number of rotatable bonds is 5. The summed E-state index contributed by atoms with van der Waals surface area (Å²) in [7, 11) is 0. The molecular weight excluding hydrogens is 288 g/mol. The van der Waals surface area contributed by atoms with Gasteiger partial charge in [0.1, 0.15) is 12.2 Å². The molecule has 2 saturated heterocycles. The Labute approximate surface area is 129 Å².